The minimum Gasteiger partial charge on any atom is -0.366 e. The first-order chi connectivity index (χ1) is 12.3. The first-order valence-corrected chi connectivity index (χ1v) is 8.94. The van der Waals surface area contributed by atoms with E-state index in [0.29, 0.717) is 17.3 Å². The second kappa shape index (κ2) is 8.72. The fourth-order valence-corrected chi connectivity index (χ4v) is 2.81. The van der Waals surface area contributed by atoms with Crippen molar-refractivity contribution in [1.82, 2.24) is 5.16 Å². The molecule has 1 unspecified atom stereocenters. The van der Waals surface area contributed by atoms with Crippen molar-refractivity contribution in [3.05, 3.63) is 40.6 Å². The van der Waals surface area contributed by atoms with Gasteiger partial charge in [0.2, 0.25) is 17.7 Å². The molecule has 2 rings (SSSR count). The van der Waals surface area contributed by atoms with Gasteiger partial charge < -0.3 is 20.9 Å². The molecule has 2 aromatic rings. The highest BCUT2D eigenvalue weighted by atomic mass is 35.5. The first kappa shape index (κ1) is 19.8. The average Bonchev–Trinajstić information content (AvgIpc) is 2.99. The molecule has 0 bridgehead atoms. The number of anilines is 2. The predicted molar refractivity (Wildman–Crippen MR) is 100 cm³/mol. The Kier molecular flexibility index (Phi) is 6.64. The second-order valence-corrected chi connectivity index (χ2v) is 7.11. The van der Waals surface area contributed by atoms with Crippen LogP contribution in [-0.4, -0.2) is 33.9 Å². The number of aromatic nitrogens is 1. The molecule has 0 aliphatic heterocycles. The van der Waals surface area contributed by atoms with Gasteiger partial charge in [-0.05, 0) is 32.0 Å². The van der Waals surface area contributed by atoms with Crippen LogP contribution in [0.2, 0.25) is 5.02 Å². The number of halogens is 1. The second-order valence-electron chi connectivity index (χ2n) is 5.37. The molecule has 1 atom stereocenters. The maximum Gasteiger partial charge on any atom is 0.250 e. The number of amides is 3. The number of carbonyl (C=O) groups is 3. The maximum atomic E-state index is 12.0. The number of hydrogen-bond donors (Lipinski definition) is 3. The number of aryl methyl sites for hydroxylation is 1. The molecular formula is C16H17ClN4O4S. The molecule has 1 aromatic heterocycles. The zero-order valence-electron chi connectivity index (χ0n) is 14.0. The Morgan fingerprint density at radius 3 is 2.65 bits per heavy atom. The Labute approximate surface area is 158 Å². The van der Waals surface area contributed by atoms with E-state index in [4.69, 9.17) is 21.9 Å². The predicted octanol–water partition coefficient (Wildman–Crippen LogP) is 2.43. The molecule has 0 radical (unpaired) electrons. The Balaban J connectivity index is 1.85. The number of nitrogens with one attached hydrogen (secondary N) is 2. The number of nitrogens with two attached hydrogens (primary N) is 1. The molecule has 1 heterocycles. The van der Waals surface area contributed by atoms with Crippen LogP contribution in [0, 0.1) is 6.92 Å². The Hall–Kier alpha value is -2.52. The number of hydrogen-bond acceptors (Lipinski definition) is 6. The molecule has 0 aliphatic carbocycles. The lowest BCUT2D eigenvalue weighted by Gasteiger charge is -2.11. The molecule has 0 fully saturated rings. The fraction of sp³-hybridized carbons (Fsp3) is 0.250. The van der Waals surface area contributed by atoms with Gasteiger partial charge in [0.1, 0.15) is 5.76 Å². The molecule has 1 aromatic carbocycles. The van der Waals surface area contributed by atoms with Crippen molar-refractivity contribution in [3.63, 3.8) is 0 Å². The van der Waals surface area contributed by atoms with Crippen molar-refractivity contribution in [2.45, 2.75) is 19.1 Å². The van der Waals surface area contributed by atoms with E-state index < -0.39 is 11.2 Å². The lowest BCUT2D eigenvalue weighted by molar-refractivity contribution is -0.115. The molecule has 138 valence electrons. The number of carbonyl (C=O) groups excluding carboxylic acids is 3. The van der Waals surface area contributed by atoms with Gasteiger partial charge in [-0.1, -0.05) is 16.8 Å². The summed E-state index contributed by atoms with van der Waals surface area (Å²) in [4.78, 5) is 35.3. The average molecular weight is 397 g/mol. The van der Waals surface area contributed by atoms with Crippen LogP contribution in [0.25, 0.3) is 0 Å². The van der Waals surface area contributed by atoms with Gasteiger partial charge in [0.25, 0.3) is 0 Å². The van der Waals surface area contributed by atoms with Gasteiger partial charge in [-0.25, -0.2) is 0 Å². The van der Waals surface area contributed by atoms with Crippen molar-refractivity contribution >= 4 is 52.6 Å². The number of thioether (sulfide) groups is 1. The first-order valence-electron chi connectivity index (χ1n) is 7.51. The highest BCUT2D eigenvalue weighted by molar-refractivity contribution is 8.01. The van der Waals surface area contributed by atoms with Gasteiger partial charge >= 0.3 is 0 Å². The Morgan fingerprint density at radius 1 is 1.31 bits per heavy atom. The molecule has 26 heavy (non-hydrogen) atoms. The van der Waals surface area contributed by atoms with Crippen LogP contribution in [0.15, 0.2) is 28.8 Å². The van der Waals surface area contributed by atoms with E-state index in [2.05, 4.69) is 15.8 Å². The minimum absolute atomic E-state index is 0.0426. The maximum absolute atomic E-state index is 12.0. The van der Waals surface area contributed by atoms with E-state index in [-0.39, 0.29) is 28.2 Å². The summed E-state index contributed by atoms with van der Waals surface area (Å²) in [6.07, 6.45) is 0. The number of primary amides is 1. The zero-order chi connectivity index (χ0) is 19.3. The highest BCUT2D eigenvalue weighted by Gasteiger charge is 2.17. The van der Waals surface area contributed by atoms with Crippen LogP contribution in [0.1, 0.15) is 23.0 Å². The minimum atomic E-state index is -0.686. The van der Waals surface area contributed by atoms with E-state index in [0.717, 1.165) is 11.8 Å². The SMILES string of the molecule is Cc1cc(NC(=O)C(C)SCC(=O)Nc2ccc(Cl)c(C(N)=O)c2)no1. The molecule has 3 amide bonds. The van der Waals surface area contributed by atoms with Crippen LogP contribution in [-0.2, 0) is 9.59 Å². The lowest BCUT2D eigenvalue weighted by Crippen LogP contribution is -2.25. The summed E-state index contributed by atoms with van der Waals surface area (Å²) in [7, 11) is 0. The molecule has 8 nitrogen and oxygen atoms in total. The van der Waals surface area contributed by atoms with E-state index in [1.165, 1.54) is 12.1 Å². The Bertz CT molecular complexity index is 839. The summed E-state index contributed by atoms with van der Waals surface area (Å²) in [5.74, 6) is -0.360. The normalized spacial score (nSPS) is 11.7. The molecule has 4 N–H and O–H groups in total. The van der Waals surface area contributed by atoms with Gasteiger partial charge in [-0.3, -0.25) is 14.4 Å². The van der Waals surface area contributed by atoms with Crippen LogP contribution in [0.5, 0.6) is 0 Å². The third-order valence-corrected chi connectivity index (χ3v) is 4.70. The smallest absolute Gasteiger partial charge is 0.250 e. The van der Waals surface area contributed by atoms with Crippen LogP contribution >= 0.6 is 23.4 Å². The largest absolute Gasteiger partial charge is 0.366 e. The number of nitrogens with zero attached hydrogens (tertiary/aromatic N) is 1. The third kappa shape index (κ3) is 5.50. The zero-order valence-corrected chi connectivity index (χ0v) is 15.6. The van der Waals surface area contributed by atoms with Gasteiger partial charge in [-0.15, -0.1) is 11.8 Å². The molecule has 0 spiro atoms. The summed E-state index contributed by atoms with van der Waals surface area (Å²) >= 11 is 7.01. The van der Waals surface area contributed by atoms with E-state index in [1.54, 1.807) is 26.0 Å². The summed E-state index contributed by atoms with van der Waals surface area (Å²) in [5.41, 5.74) is 5.73. The fourth-order valence-electron chi connectivity index (χ4n) is 1.92. The lowest BCUT2D eigenvalue weighted by atomic mass is 10.2. The molecule has 0 saturated heterocycles. The summed E-state index contributed by atoms with van der Waals surface area (Å²) < 4.78 is 4.87. The van der Waals surface area contributed by atoms with Crippen molar-refractivity contribution in [2.75, 3.05) is 16.4 Å². The van der Waals surface area contributed by atoms with E-state index >= 15 is 0 Å². The third-order valence-electron chi connectivity index (χ3n) is 3.23. The van der Waals surface area contributed by atoms with Crippen LogP contribution < -0.4 is 16.4 Å². The summed E-state index contributed by atoms with van der Waals surface area (Å²) in [5, 5.41) is 8.63. The van der Waals surface area contributed by atoms with Gasteiger partial charge in [-0.2, -0.15) is 0 Å². The standard InChI is InChI=1S/C16H17ClN4O4S/c1-8-5-13(21-25-8)20-16(24)9(2)26-7-14(22)19-10-3-4-12(17)11(6-10)15(18)23/h3-6,9H,7H2,1-2H3,(H2,18,23)(H,19,22)(H,20,21,24). The van der Waals surface area contributed by atoms with Gasteiger partial charge in [0.15, 0.2) is 5.82 Å². The van der Waals surface area contributed by atoms with Gasteiger partial charge in [0, 0.05) is 11.8 Å². The van der Waals surface area contributed by atoms with Crippen molar-refractivity contribution in [1.29, 1.82) is 0 Å². The monoisotopic (exact) mass is 396 g/mol. The molecular weight excluding hydrogens is 380 g/mol. The molecule has 0 saturated carbocycles. The summed E-state index contributed by atoms with van der Waals surface area (Å²) in [6, 6.07) is 6.02. The van der Waals surface area contributed by atoms with Crippen molar-refractivity contribution in [3.8, 4) is 0 Å². The van der Waals surface area contributed by atoms with E-state index in [1.807, 2.05) is 0 Å². The molecule has 10 heteroatoms. The van der Waals surface area contributed by atoms with E-state index in [9.17, 15) is 14.4 Å². The topological polar surface area (TPSA) is 127 Å². The van der Waals surface area contributed by atoms with Crippen molar-refractivity contribution < 1.29 is 18.9 Å². The molecule has 0 aliphatic rings. The van der Waals surface area contributed by atoms with Crippen LogP contribution in [0.3, 0.4) is 0 Å². The van der Waals surface area contributed by atoms with Crippen LogP contribution in [0.4, 0.5) is 11.5 Å². The quantitative estimate of drug-likeness (QED) is 0.659. The summed E-state index contributed by atoms with van der Waals surface area (Å²) in [6.45, 7) is 3.39. The van der Waals surface area contributed by atoms with Crippen molar-refractivity contribution in [2.24, 2.45) is 5.73 Å². The number of rotatable bonds is 7. The Morgan fingerprint density at radius 2 is 2.04 bits per heavy atom. The number of benzene rings is 1. The van der Waals surface area contributed by atoms with Gasteiger partial charge in [0.05, 0.1) is 21.6 Å². The highest BCUT2D eigenvalue weighted by Crippen LogP contribution is 2.21.